The fourth-order valence-electron chi connectivity index (χ4n) is 3.55. The molecule has 1 unspecified atom stereocenters. The molecule has 1 heterocycles. The van der Waals surface area contributed by atoms with E-state index in [9.17, 15) is 4.39 Å². The lowest BCUT2D eigenvalue weighted by Gasteiger charge is -2.38. The van der Waals surface area contributed by atoms with E-state index in [2.05, 4.69) is 12.2 Å². The monoisotopic (exact) mass is 227 g/mol. The summed E-state index contributed by atoms with van der Waals surface area (Å²) in [6.07, 6.45) is 8.64. The smallest absolute Gasteiger partial charge is 0.115 e. The molecule has 2 heteroatoms. The van der Waals surface area contributed by atoms with Gasteiger partial charge in [-0.15, -0.1) is 0 Å². The van der Waals surface area contributed by atoms with Crippen molar-refractivity contribution in [2.24, 2.45) is 11.8 Å². The van der Waals surface area contributed by atoms with Gasteiger partial charge in [0.1, 0.15) is 5.67 Å². The zero-order valence-electron chi connectivity index (χ0n) is 10.6. The Hall–Kier alpha value is -0.110. The molecule has 0 amide bonds. The second-order valence-electron chi connectivity index (χ2n) is 5.76. The number of hydrogen-bond donors (Lipinski definition) is 1. The predicted molar refractivity (Wildman–Crippen MR) is 66.3 cm³/mol. The van der Waals surface area contributed by atoms with E-state index < -0.39 is 5.67 Å². The van der Waals surface area contributed by atoms with Crippen LogP contribution in [0.1, 0.15) is 58.3 Å². The fourth-order valence-corrected chi connectivity index (χ4v) is 3.55. The van der Waals surface area contributed by atoms with Crippen molar-refractivity contribution < 1.29 is 4.39 Å². The van der Waals surface area contributed by atoms with Crippen molar-refractivity contribution in [2.45, 2.75) is 64.0 Å². The molecule has 0 aromatic rings. The standard InChI is InChI=1S/C14H26FN/c1-2-12-4-6-13(7-5-12)14(15)8-3-10-16-11-9-14/h12-13,16H,2-11H2,1H3. The summed E-state index contributed by atoms with van der Waals surface area (Å²) in [5.41, 5.74) is -0.845. The maximum Gasteiger partial charge on any atom is 0.115 e. The van der Waals surface area contributed by atoms with Gasteiger partial charge in [-0.3, -0.25) is 0 Å². The Morgan fingerprint density at radius 2 is 1.88 bits per heavy atom. The Kier molecular flexibility index (Phi) is 4.23. The van der Waals surface area contributed by atoms with E-state index >= 15 is 0 Å². The van der Waals surface area contributed by atoms with Gasteiger partial charge in [0.25, 0.3) is 0 Å². The SMILES string of the molecule is CCC1CCC(C2(F)CCCNCC2)CC1. The van der Waals surface area contributed by atoms with E-state index in [1.807, 2.05) is 0 Å². The molecule has 1 nitrogen and oxygen atoms in total. The van der Waals surface area contributed by atoms with Crippen LogP contribution in [0, 0.1) is 11.8 Å². The summed E-state index contributed by atoms with van der Waals surface area (Å²) in [6, 6.07) is 0. The molecule has 2 rings (SSSR count). The van der Waals surface area contributed by atoms with Gasteiger partial charge in [-0.1, -0.05) is 26.2 Å². The molecule has 16 heavy (non-hydrogen) atoms. The Bertz CT molecular complexity index is 201. The first-order valence-electron chi connectivity index (χ1n) is 7.14. The van der Waals surface area contributed by atoms with E-state index in [1.54, 1.807) is 0 Å². The highest BCUT2D eigenvalue weighted by Gasteiger charge is 2.40. The van der Waals surface area contributed by atoms with Crippen molar-refractivity contribution in [1.82, 2.24) is 5.32 Å². The minimum Gasteiger partial charge on any atom is -0.317 e. The van der Waals surface area contributed by atoms with Crippen molar-refractivity contribution in [3.63, 3.8) is 0 Å². The van der Waals surface area contributed by atoms with Crippen LogP contribution in [0.15, 0.2) is 0 Å². The summed E-state index contributed by atoms with van der Waals surface area (Å²) in [7, 11) is 0. The van der Waals surface area contributed by atoms with E-state index in [-0.39, 0.29) is 0 Å². The Balaban J connectivity index is 1.90. The molecule has 1 saturated carbocycles. The highest BCUT2D eigenvalue weighted by molar-refractivity contribution is 4.91. The average molecular weight is 227 g/mol. The zero-order valence-corrected chi connectivity index (χ0v) is 10.6. The molecule has 2 aliphatic rings. The van der Waals surface area contributed by atoms with Crippen LogP contribution in [0.2, 0.25) is 0 Å². The molecular weight excluding hydrogens is 201 g/mol. The quantitative estimate of drug-likeness (QED) is 0.758. The fraction of sp³-hybridized carbons (Fsp3) is 1.00. The van der Waals surface area contributed by atoms with Crippen LogP contribution in [0.4, 0.5) is 4.39 Å². The third-order valence-electron chi connectivity index (χ3n) is 4.82. The van der Waals surface area contributed by atoms with Crippen LogP contribution in [-0.4, -0.2) is 18.8 Å². The molecule has 1 saturated heterocycles. The number of rotatable bonds is 2. The lowest BCUT2D eigenvalue weighted by molar-refractivity contribution is 0.0336. The number of alkyl halides is 1. The first-order valence-corrected chi connectivity index (χ1v) is 7.14. The molecule has 1 aliphatic carbocycles. The van der Waals surface area contributed by atoms with Crippen molar-refractivity contribution in [1.29, 1.82) is 0 Å². The van der Waals surface area contributed by atoms with Crippen molar-refractivity contribution in [3.8, 4) is 0 Å². The maximum atomic E-state index is 14.9. The summed E-state index contributed by atoms with van der Waals surface area (Å²) in [6.45, 7) is 4.16. The summed E-state index contributed by atoms with van der Waals surface area (Å²) < 4.78 is 14.9. The normalized spacial score (nSPS) is 41.6. The van der Waals surface area contributed by atoms with Crippen LogP contribution in [-0.2, 0) is 0 Å². The van der Waals surface area contributed by atoms with Crippen LogP contribution in [0.25, 0.3) is 0 Å². The first-order chi connectivity index (χ1) is 7.74. The summed E-state index contributed by atoms with van der Waals surface area (Å²) >= 11 is 0. The molecule has 1 atom stereocenters. The highest BCUT2D eigenvalue weighted by Crippen LogP contribution is 2.43. The third kappa shape index (κ3) is 2.77. The minimum atomic E-state index is -0.845. The summed E-state index contributed by atoms with van der Waals surface area (Å²) in [4.78, 5) is 0. The van der Waals surface area contributed by atoms with Crippen LogP contribution in [0.5, 0.6) is 0 Å². The van der Waals surface area contributed by atoms with E-state index in [0.717, 1.165) is 51.1 Å². The predicted octanol–water partition coefficient (Wildman–Crippen LogP) is 3.68. The van der Waals surface area contributed by atoms with Crippen LogP contribution in [0.3, 0.4) is 0 Å². The topological polar surface area (TPSA) is 12.0 Å². The van der Waals surface area contributed by atoms with E-state index in [0.29, 0.717) is 5.92 Å². The molecule has 2 fully saturated rings. The van der Waals surface area contributed by atoms with E-state index in [1.165, 1.54) is 19.3 Å². The van der Waals surface area contributed by atoms with Gasteiger partial charge in [0, 0.05) is 0 Å². The molecule has 1 aliphatic heterocycles. The van der Waals surface area contributed by atoms with E-state index in [4.69, 9.17) is 0 Å². The van der Waals surface area contributed by atoms with Gasteiger partial charge < -0.3 is 5.32 Å². The number of halogens is 1. The van der Waals surface area contributed by atoms with Crippen molar-refractivity contribution >= 4 is 0 Å². The number of nitrogens with one attached hydrogen (secondary N) is 1. The minimum absolute atomic E-state index is 0.357. The first kappa shape index (κ1) is 12.3. The maximum absolute atomic E-state index is 14.9. The Morgan fingerprint density at radius 1 is 1.12 bits per heavy atom. The second kappa shape index (κ2) is 5.48. The highest BCUT2D eigenvalue weighted by atomic mass is 19.1. The molecule has 0 bridgehead atoms. The molecular formula is C14H26FN. The van der Waals surface area contributed by atoms with Gasteiger partial charge in [-0.2, -0.15) is 0 Å². The lowest BCUT2D eigenvalue weighted by atomic mass is 9.71. The second-order valence-corrected chi connectivity index (χ2v) is 5.76. The lowest BCUT2D eigenvalue weighted by Crippen LogP contribution is -2.36. The van der Waals surface area contributed by atoms with Gasteiger partial charge in [0.05, 0.1) is 0 Å². The van der Waals surface area contributed by atoms with Gasteiger partial charge in [0.2, 0.25) is 0 Å². The Morgan fingerprint density at radius 3 is 2.56 bits per heavy atom. The summed E-state index contributed by atoms with van der Waals surface area (Å²) in [5, 5.41) is 3.32. The van der Waals surface area contributed by atoms with Gasteiger partial charge >= 0.3 is 0 Å². The van der Waals surface area contributed by atoms with Crippen LogP contribution < -0.4 is 5.32 Å². The molecule has 0 radical (unpaired) electrons. The third-order valence-corrected chi connectivity index (χ3v) is 4.82. The summed E-state index contributed by atoms with van der Waals surface area (Å²) in [5.74, 6) is 1.24. The average Bonchev–Trinajstić information content (AvgIpc) is 2.55. The Labute approximate surface area is 99.2 Å². The number of hydrogen-bond acceptors (Lipinski definition) is 1. The molecule has 94 valence electrons. The molecule has 0 aromatic carbocycles. The molecule has 0 aromatic heterocycles. The largest absolute Gasteiger partial charge is 0.317 e. The molecule has 0 spiro atoms. The van der Waals surface area contributed by atoms with Crippen LogP contribution >= 0.6 is 0 Å². The van der Waals surface area contributed by atoms with Crippen molar-refractivity contribution in [3.05, 3.63) is 0 Å². The van der Waals surface area contributed by atoms with Gasteiger partial charge in [-0.25, -0.2) is 4.39 Å². The van der Waals surface area contributed by atoms with Crippen molar-refractivity contribution in [2.75, 3.05) is 13.1 Å². The van der Waals surface area contributed by atoms with Gasteiger partial charge in [0.15, 0.2) is 0 Å². The van der Waals surface area contributed by atoms with Gasteiger partial charge in [-0.05, 0) is 57.0 Å². The zero-order chi connectivity index (χ0) is 11.4. The molecule has 1 N–H and O–H groups in total.